The van der Waals surface area contributed by atoms with Crippen LogP contribution in [0.5, 0.6) is 0 Å². The second kappa shape index (κ2) is 13.1. The van der Waals surface area contributed by atoms with Gasteiger partial charge in [-0.25, -0.2) is 0 Å². The standard InChI is InChI=1S/C29H38N6O4/c1-18(2)14-24(27(38)33-20-10-6-5-7-11-20)34-25(36)17-32-28(39)29(3,4)35-26(37)22(30)15-19-16-31-23-13-9-8-12-21(19)23/h5-13,16,18,22,24,31H,14-15,17,30H2,1-4H3,(H,32,39)(H,33,38)(H,34,36)(H,35,37)/t22-,24-/m0/s1. The minimum atomic E-state index is -1.32. The van der Waals surface area contributed by atoms with Crippen LogP contribution < -0.4 is 27.0 Å². The molecule has 2 aromatic carbocycles. The van der Waals surface area contributed by atoms with Crippen LogP contribution >= 0.6 is 0 Å². The molecule has 3 aromatic rings. The molecule has 0 fully saturated rings. The first-order valence-electron chi connectivity index (χ1n) is 13.0. The van der Waals surface area contributed by atoms with Gasteiger partial charge in [0.25, 0.3) is 0 Å². The summed E-state index contributed by atoms with van der Waals surface area (Å²) < 4.78 is 0. The van der Waals surface area contributed by atoms with Crippen molar-refractivity contribution < 1.29 is 19.2 Å². The Bertz CT molecular complexity index is 1300. The molecular weight excluding hydrogens is 496 g/mol. The van der Waals surface area contributed by atoms with E-state index >= 15 is 0 Å². The highest BCUT2D eigenvalue weighted by Crippen LogP contribution is 2.19. The van der Waals surface area contributed by atoms with Crippen LogP contribution in [-0.2, 0) is 25.6 Å². The van der Waals surface area contributed by atoms with Crippen LogP contribution in [0.1, 0.15) is 39.7 Å². The maximum absolute atomic E-state index is 12.8. The molecule has 3 rings (SSSR count). The second-order valence-corrected chi connectivity index (χ2v) is 10.6. The maximum Gasteiger partial charge on any atom is 0.246 e. The summed E-state index contributed by atoms with van der Waals surface area (Å²) in [7, 11) is 0. The number of hydrogen-bond donors (Lipinski definition) is 6. The van der Waals surface area contributed by atoms with Crippen molar-refractivity contribution in [2.24, 2.45) is 11.7 Å². The van der Waals surface area contributed by atoms with E-state index in [4.69, 9.17) is 5.73 Å². The minimum absolute atomic E-state index is 0.147. The largest absolute Gasteiger partial charge is 0.361 e. The normalized spacial score (nSPS) is 13.0. The molecule has 1 heterocycles. The van der Waals surface area contributed by atoms with Crippen molar-refractivity contribution in [1.82, 2.24) is 20.9 Å². The third-order valence-corrected chi connectivity index (χ3v) is 6.26. The van der Waals surface area contributed by atoms with Crippen LogP contribution in [0, 0.1) is 5.92 Å². The average Bonchev–Trinajstić information content (AvgIpc) is 3.29. The smallest absolute Gasteiger partial charge is 0.246 e. The number of nitrogens with two attached hydrogens (primary N) is 1. The van der Waals surface area contributed by atoms with Gasteiger partial charge in [-0.05, 0) is 56.4 Å². The number of carbonyl (C=O) groups is 4. The van der Waals surface area contributed by atoms with Gasteiger partial charge in [0, 0.05) is 22.8 Å². The highest BCUT2D eigenvalue weighted by molar-refractivity contribution is 5.98. The van der Waals surface area contributed by atoms with Crippen LogP contribution in [0.25, 0.3) is 10.9 Å². The number of amides is 4. The lowest BCUT2D eigenvalue weighted by atomic mass is 10.0. The Kier molecular flexibility index (Phi) is 9.84. The van der Waals surface area contributed by atoms with Gasteiger partial charge in [-0.2, -0.15) is 0 Å². The summed E-state index contributed by atoms with van der Waals surface area (Å²) in [5.74, 6) is -1.75. The molecule has 0 saturated heterocycles. The Balaban J connectivity index is 1.51. The fourth-order valence-corrected chi connectivity index (χ4v) is 4.17. The average molecular weight is 535 g/mol. The number of hydrogen-bond acceptors (Lipinski definition) is 5. The predicted octanol–water partition coefficient (Wildman–Crippen LogP) is 2.22. The van der Waals surface area contributed by atoms with E-state index in [0.717, 1.165) is 16.5 Å². The number of fused-ring (bicyclic) bond motifs is 1. The lowest BCUT2D eigenvalue weighted by Gasteiger charge is -2.27. The highest BCUT2D eigenvalue weighted by atomic mass is 16.2. The van der Waals surface area contributed by atoms with Gasteiger partial charge >= 0.3 is 0 Å². The number of H-pyrrole nitrogens is 1. The van der Waals surface area contributed by atoms with Crippen LogP contribution in [0.2, 0.25) is 0 Å². The Morgan fingerprint density at radius 3 is 2.31 bits per heavy atom. The molecule has 208 valence electrons. The maximum atomic E-state index is 12.8. The second-order valence-electron chi connectivity index (χ2n) is 10.6. The summed E-state index contributed by atoms with van der Waals surface area (Å²) in [6.45, 7) is 6.61. The van der Waals surface area contributed by atoms with Crippen molar-refractivity contribution >= 4 is 40.2 Å². The summed E-state index contributed by atoms with van der Waals surface area (Å²) in [5, 5.41) is 11.7. The molecule has 2 atom stereocenters. The van der Waals surface area contributed by atoms with E-state index in [1.54, 1.807) is 24.3 Å². The fourth-order valence-electron chi connectivity index (χ4n) is 4.17. The molecule has 0 aliphatic rings. The van der Waals surface area contributed by atoms with Gasteiger partial charge in [-0.3, -0.25) is 19.2 Å². The zero-order valence-electron chi connectivity index (χ0n) is 22.8. The van der Waals surface area contributed by atoms with Crippen molar-refractivity contribution in [3.05, 3.63) is 66.4 Å². The number of benzene rings is 2. The molecule has 0 aliphatic carbocycles. The summed E-state index contributed by atoms with van der Waals surface area (Å²) in [5.41, 5.74) is 7.30. The van der Waals surface area contributed by atoms with Crippen molar-refractivity contribution in [1.29, 1.82) is 0 Å². The van der Waals surface area contributed by atoms with Crippen molar-refractivity contribution in [2.75, 3.05) is 11.9 Å². The third-order valence-electron chi connectivity index (χ3n) is 6.26. The first-order chi connectivity index (χ1) is 18.5. The zero-order valence-corrected chi connectivity index (χ0v) is 22.8. The van der Waals surface area contributed by atoms with Crippen molar-refractivity contribution in [2.45, 2.75) is 58.2 Å². The molecule has 0 unspecified atom stereocenters. The van der Waals surface area contributed by atoms with Crippen LogP contribution in [0.4, 0.5) is 5.69 Å². The van der Waals surface area contributed by atoms with Gasteiger partial charge in [-0.1, -0.05) is 50.2 Å². The Morgan fingerprint density at radius 2 is 1.62 bits per heavy atom. The Morgan fingerprint density at radius 1 is 0.949 bits per heavy atom. The van der Waals surface area contributed by atoms with Crippen LogP contribution in [0.15, 0.2) is 60.8 Å². The number of anilines is 1. The first-order valence-corrected chi connectivity index (χ1v) is 13.0. The van der Waals surface area contributed by atoms with Gasteiger partial charge in [0.1, 0.15) is 11.6 Å². The first kappa shape index (κ1) is 29.4. The molecule has 4 amide bonds. The van der Waals surface area contributed by atoms with E-state index in [0.29, 0.717) is 12.1 Å². The number of aromatic amines is 1. The van der Waals surface area contributed by atoms with E-state index in [1.807, 2.05) is 50.4 Å². The number of nitrogens with one attached hydrogen (secondary N) is 5. The number of carbonyl (C=O) groups excluding carboxylic acids is 4. The Hall–Kier alpha value is -4.18. The molecule has 10 nitrogen and oxygen atoms in total. The van der Waals surface area contributed by atoms with E-state index in [1.165, 1.54) is 13.8 Å². The van der Waals surface area contributed by atoms with Crippen LogP contribution in [-0.4, -0.2) is 52.8 Å². The third kappa shape index (κ3) is 8.41. The topological polar surface area (TPSA) is 158 Å². The van der Waals surface area contributed by atoms with Gasteiger partial charge < -0.3 is 32.0 Å². The monoisotopic (exact) mass is 534 g/mol. The quantitative estimate of drug-likeness (QED) is 0.210. The lowest BCUT2D eigenvalue weighted by molar-refractivity contribution is -0.134. The van der Waals surface area contributed by atoms with E-state index in [2.05, 4.69) is 26.3 Å². The van der Waals surface area contributed by atoms with Crippen molar-refractivity contribution in [3.63, 3.8) is 0 Å². The van der Waals surface area contributed by atoms with Gasteiger partial charge in [0.15, 0.2) is 0 Å². The van der Waals surface area contributed by atoms with Crippen LogP contribution in [0.3, 0.4) is 0 Å². The van der Waals surface area contributed by atoms with Crippen molar-refractivity contribution in [3.8, 4) is 0 Å². The number of rotatable bonds is 12. The zero-order chi connectivity index (χ0) is 28.6. The van der Waals surface area contributed by atoms with E-state index < -0.39 is 35.3 Å². The molecule has 0 bridgehead atoms. The molecule has 10 heteroatoms. The lowest BCUT2D eigenvalue weighted by Crippen LogP contribution is -2.59. The molecular formula is C29H38N6O4. The molecule has 0 radical (unpaired) electrons. The summed E-state index contributed by atoms with van der Waals surface area (Å²) in [6, 6.07) is 15.0. The predicted molar refractivity (Wildman–Crippen MR) is 152 cm³/mol. The molecule has 0 aliphatic heterocycles. The van der Waals surface area contributed by atoms with Gasteiger partial charge in [-0.15, -0.1) is 0 Å². The fraction of sp³-hybridized carbons (Fsp3) is 0.379. The molecule has 1 aromatic heterocycles. The van der Waals surface area contributed by atoms with E-state index in [-0.39, 0.29) is 24.8 Å². The molecule has 7 N–H and O–H groups in total. The number of para-hydroxylation sites is 2. The van der Waals surface area contributed by atoms with E-state index in [9.17, 15) is 19.2 Å². The molecule has 0 spiro atoms. The summed E-state index contributed by atoms with van der Waals surface area (Å²) in [4.78, 5) is 54.2. The molecule has 0 saturated carbocycles. The number of aromatic nitrogens is 1. The summed E-state index contributed by atoms with van der Waals surface area (Å²) >= 11 is 0. The van der Waals surface area contributed by atoms with Gasteiger partial charge in [0.2, 0.25) is 23.6 Å². The minimum Gasteiger partial charge on any atom is -0.361 e. The van der Waals surface area contributed by atoms with Gasteiger partial charge in [0.05, 0.1) is 12.6 Å². The summed E-state index contributed by atoms with van der Waals surface area (Å²) in [6.07, 6.45) is 2.54. The Labute approximate surface area is 228 Å². The molecule has 39 heavy (non-hydrogen) atoms. The SMILES string of the molecule is CC(C)C[C@H](NC(=O)CNC(=O)C(C)(C)NC(=O)[C@@H](N)Cc1c[nH]c2ccccc12)C(=O)Nc1ccccc1. The highest BCUT2D eigenvalue weighted by Gasteiger charge is 2.32.